The van der Waals surface area contributed by atoms with Crippen LogP contribution in [0.2, 0.25) is 0 Å². The van der Waals surface area contributed by atoms with E-state index < -0.39 is 0 Å². The van der Waals surface area contributed by atoms with Crippen molar-refractivity contribution in [2.45, 2.75) is 31.8 Å². The van der Waals surface area contributed by atoms with Crippen LogP contribution in [-0.4, -0.2) is 36.7 Å². The van der Waals surface area contributed by atoms with E-state index in [9.17, 15) is 4.79 Å². The summed E-state index contributed by atoms with van der Waals surface area (Å²) >= 11 is 0. The molecule has 1 amide bonds. The van der Waals surface area contributed by atoms with Crippen molar-refractivity contribution in [3.63, 3.8) is 0 Å². The maximum Gasteiger partial charge on any atom is 0.263 e. The molecule has 1 unspecified atom stereocenters. The van der Waals surface area contributed by atoms with E-state index in [0.29, 0.717) is 0 Å². The fraction of sp³-hybridized carbons (Fsp3) is 0.889. The molecule has 1 atom stereocenters. The van der Waals surface area contributed by atoms with Gasteiger partial charge in [0.25, 0.3) is 5.91 Å². The zero-order chi connectivity index (χ0) is 9.10. The number of nitrogens with zero attached hydrogens (tertiary/aromatic N) is 1. The average molecular weight is 184 g/mol. The molecule has 4 heteroatoms. The maximum absolute atomic E-state index is 11.4. The van der Waals surface area contributed by atoms with Gasteiger partial charge in [-0.25, -0.2) is 5.01 Å². The normalized spacial score (nSPS) is 29.4. The van der Waals surface area contributed by atoms with E-state index in [1.807, 2.05) is 5.01 Å². The fourth-order valence-corrected chi connectivity index (χ4v) is 1.68. The monoisotopic (exact) mass is 184 g/mol. The summed E-state index contributed by atoms with van der Waals surface area (Å²) in [6.45, 7) is 2.70. The van der Waals surface area contributed by atoms with Gasteiger partial charge in [0.05, 0.1) is 6.61 Å². The number of piperidine rings is 1. The van der Waals surface area contributed by atoms with Gasteiger partial charge in [-0.05, 0) is 12.8 Å². The highest BCUT2D eigenvalue weighted by atomic mass is 16.5. The van der Waals surface area contributed by atoms with E-state index >= 15 is 0 Å². The van der Waals surface area contributed by atoms with Crippen molar-refractivity contribution in [2.24, 2.45) is 0 Å². The third-order valence-corrected chi connectivity index (χ3v) is 2.62. The Morgan fingerprint density at radius 1 is 1.31 bits per heavy atom. The zero-order valence-electron chi connectivity index (χ0n) is 7.79. The molecule has 1 N–H and O–H groups in total. The molecule has 2 aliphatic heterocycles. The lowest BCUT2D eigenvalue weighted by Crippen LogP contribution is -2.51. The molecule has 0 radical (unpaired) electrons. The second-order valence-electron chi connectivity index (χ2n) is 3.67. The predicted molar refractivity (Wildman–Crippen MR) is 47.9 cm³/mol. The molecule has 0 saturated carbocycles. The summed E-state index contributed by atoms with van der Waals surface area (Å²) in [6.07, 6.45) is 4.35. The highest BCUT2D eigenvalue weighted by Crippen LogP contribution is 2.12. The van der Waals surface area contributed by atoms with Gasteiger partial charge in [-0.2, -0.15) is 0 Å². The lowest BCUT2D eigenvalue weighted by molar-refractivity contribution is -0.150. The van der Waals surface area contributed by atoms with Crippen LogP contribution in [0.15, 0.2) is 0 Å². The molecule has 2 fully saturated rings. The second kappa shape index (κ2) is 4.07. The molecule has 0 aromatic carbocycles. The molecule has 0 aliphatic carbocycles. The summed E-state index contributed by atoms with van der Waals surface area (Å²) < 4.78 is 5.10. The first kappa shape index (κ1) is 8.97. The Bertz CT molecular complexity index is 186. The molecule has 2 aliphatic rings. The molecule has 13 heavy (non-hydrogen) atoms. The van der Waals surface area contributed by atoms with Crippen LogP contribution in [0.5, 0.6) is 0 Å². The summed E-state index contributed by atoms with van der Waals surface area (Å²) in [4.78, 5) is 11.4. The van der Waals surface area contributed by atoms with Crippen LogP contribution in [0.3, 0.4) is 0 Å². The SMILES string of the molecule is O=C(NN1CCCCC1)C1CCO1. The number of carbonyl (C=O) groups is 1. The predicted octanol–water partition coefficient (Wildman–Crippen LogP) is 0.292. The molecule has 0 aromatic rings. The maximum atomic E-state index is 11.4. The van der Waals surface area contributed by atoms with E-state index in [1.54, 1.807) is 0 Å². The standard InChI is InChI=1S/C9H16N2O2/c12-9(8-4-7-13-8)10-11-5-2-1-3-6-11/h8H,1-7H2,(H,10,12). The first-order valence-electron chi connectivity index (χ1n) is 5.03. The molecule has 2 rings (SSSR count). The first-order valence-corrected chi connectivity index (χ1v) is 5.03. The highest BCUT2D eigenvalue weighted by Gasteiger charge is 2.27. The summed E-state index contributed by atoms with van der Waals surface area (Å²) in [5.41, 5.74) is 2.89. The summed E-state index contributed by atoms with van der Waals surface area (Å²) in [5, 5.41) is 2.01. The van der Waals surface area contributed by atoms with Crippen LogP contribution >= 0.6 is 0 Å². The van der Waals surface area contributed by atoms with Crippen LogP contribution in [0, 0.1) is 0 Å². The first-order chi connectivity index (χ1) is 6.36. The average Bonchev–Trinajstić information content (AvgIpc) is 2.02. The number of hydrogen-bond acceptors (Lipinski definition) is 3. The number of rotatable bonds is 2. The Morgan fingerprint density at radius 3 is 2.54 bits per heavy atom. The van der Waals surface area contributed by atoms with Gasteiger partial charge in [-0.3, -0.25) is 10.2 Å². The zero-order valence-corrected chi connectivity index (χ0v) is 7.79. The van der Waals surface area contributed by atoms with Crippen molar-refractivity contribution in [1.82, 2.24) is 10.4 Å². The van der Waals surface area contributed by atoms with E-state index in [1.165, 1.54) is 19.3 Å². The second-order valence-corrected chi connectivity index (χ2v) is 3.67. The number of ether oxygens (including phenoxy) is 1. The van der Waals surface area contributed by atoms with Crippen molar-refractivity contribution in [3.8, 4) is 0 Å². The molecular formula is C9H16N2O2. The summed E-state index contributed by atoms with van der Waals surface area (Å²) in [5.74, 6) is 0.0353. The van der Waals surface area contributed by atoms with Crippen molar-refractivity contribution in [2.75, 3.05) is 19.7 Å². The lowest BCUT2D eigenvalue weighted by Gasteiger charge is -2.31. The molecule has 0 bridgehead atoms. The van der Waals surface area contributed by atoms with Gasteiger partial charge in [0.15, 0.2) is 0 Å². The van der Waals surface area contributed by atoms with Crippen LogP contribution < -0.4 is 5.43 Å². The Kier molecular flexibility index (Phi) is 2.80. The van der Waals surface area contributed by atoms with Gasteiger partial charge < -0.3 is 4.74 Å². The molecule has 2 saturated heterocycles. The molecule has 0 aromatic heterocycles. The third kappa shape index (κ3) is 2.19. The molecule has 4 nitrogen and oxygen atoms in total. The minimum atomic E-state index is -0.179. The minimum absolute atomic E-state index is 0.0353. The van der Waals surface area contributed by atoms with Gasteiger partial charge >= 0.3 is 0 Å². The Morgan fingerprint density at radius 2 is 2.00 bits per heavy atom. The van der Waals surface area contributed by atoms with E-state index in [-0.39, 0.29) is 12.0 Å². The molecule has 74 valence electrons. The number of amides is 1. The van der Waals surface area contributed by atoms with Crippen LogP contribution in [-0.2, 0) is 9.53 Å². The van der Waals surface area contributed by atoms with Crippen LogP contribution in [0.4, 0.5) is 0 Å². The van der Waals surface area contributed by atoms with Gasteiger partial charge in [-0.15, -0.1) is 0 Å². The van der Waals surface area contributed by atoms with E-state index in [4.69, 9.17) is 4.74 Å². The Hall–Kier alpha value is -0.610. The topological polar surface area (TPSA) is 41.6 Å². The Balaban J connectivity index is 1.72. The van der Waals surface area contributed by atoms with Crippen LogP contribution in [0.1, 0.15) is 25.7 Å². The van der Waals surface area contributed by atoms with Crippen molar-refractivity contribution >= 4 is 5.91 Å². The van der Waals surface area contributed by atoms with Gasteiger partial charge in [0.2, 0.25) is 0 Å². The van der Waals surface area contributed by atoms with Gasteiger partial charge in [0.1, 0.15) is 6.10 Å². The van der Waals surface area contributed by atoms with Crippen molar-refractivity contribution in [1.29, 1.82) is 0 Å². The number of nitrogens with one attached hydrogen (secondary N) is 1. The summed E-state index contributed by atoms with van der Waals surface area (Å²) in [7, 11) is 0. The highest BCUT2D eigenvalue weighted by molar-refractivity contribution is 5.80. The molecule has 2 heterocycles. The largest absolute Gasteiger partial charge is 0.368 e. The number of hydrogen-bond donors (Lipinski definition) is 1. The quantitative estimate of drug-likeness (QED) is 0.670. The Labute approximate surface area is 78.2 Å². The third-order valence-electron chi connectivity index (χ3n) is 2.62. The smallest absolute Gasteiger partial charge is 0.263 e. The minimum Gasteiger partial charge on any atom is -0.368 e. The van der Waals surface area contributed by atoms with E-state index in [2.05, 4.69) is 5.43 Å². The van der Waals surface area contributed by atoms with Gasteiger partial charge in [-0.1, -0.05) is 6.42 Å². The van der Waals surface area contributed by atoms with E-state index in [0.717, 1.165) is 26.1 Å². The molecule has 0 spiro atoms. The van der Waals surface area contributed by atoms with Gasteiger partial charge in [0, 0.05) is 19.5 Å². The molecular weight excluding hydrogens is 168 g/mol. The number of hydrazine groups is 1. The summed E-state index contributed by atoms with van der Waals surface area (Å²) in [6, 6.07) is 0. The van der Waals surface area contributed by atoms with Crippen molar-refractivity contribution in [3.05, 3.63) is 0 Å². The fourth-order valence-electron chi connectivity index (χ4n) is 1.68. The van der Waals surface area contributed by atoms with Crippen LogP contribution in [0.25, 0.3) is 0 Å². The van der Waals surface area contributed by atoms with Crippen molar-refractivity contribution < 1.29 is 9.53 Å². The number of carbonyl (C=O) groups excluding carboxylic acids is 1. The lowest BCUT2D eigenvalue weighted by atomic mass is 10.1.